The van der Waals surface area contributed by atoms with Crippen molar-refractivity contribution < 1.29 is 19.1 Å². The Labute approximate surface area is 256 Å². The number of unbranched alkanes of at least 4 members (excludes halogenated alkanes) is 9. The van der Waals surface area contributed by atoms with E-state index >= 15 is 0 Å². The lowest BCUT2D eigenvalue weighted by Crippen LogP contribution is -2.38. The number of nitrogens with one attached hydrogen (secondary N) is 1. The number of aromatic nitrogens is 4. The lowest BCUT2D eigenvalue weighted by Gasteiger charge is -2.20. The Morgan fingerprint density at radius 3 is 2.40 bits per heavy atom. The van der Waals surface area contributed by atoms with Crippen LogP contribution in [-0.4, -0.2) is 50.7 Å². The van der Waals surface area contributed by atoms with E-state index in [1.54, 1.807) is 4.57 Å². The van der Waals surface area contributed by atoms with Gasteiger partial charge in [0.1, 0.15) is 6.04 Å². The molecule has 0 aliphatic carbocycles. The van der Waals surface area contributed by atoms with Crippen LogP contribution < -0.4 is 17.0 Å². The number of imidazole rings is 1. The van der Waals surface area contributed by atoms with E-state index in [1.807, 2.05) is 13.8 Å². The number of ether oxygens (including phenoxy) is 2. The van der Waals surface area contributed by atoms with E-state index in [-0.39, 0.29) is 42.5 Å². The number of rotatable bonds is 23. The SMILES string of the molecule is CCCCCC/C=C/CCCCCCCC(=O)OC[C@H](CCOC(=O)[C@@H](N)C(C)CC)Cn1cnc2c(=O)[nH]c(N)nc21. The third-order valence-electron chi connectivity index (χ3n) is 7.87. The first-order valence-corrected chi connectivity index (χ1v) is 16.2. The molecule has 1 unspecified atom stereocenters. The largest absolute Gasteiger partial charge is 0.465 e. The highest BCUT2D eigenvalue weighted by atomic mass is 16.5. The summed E-state index contributed by atoms with van der Waals surface area (Å²) < 4.78 is 12.8. The lowest BCUT2D eigenvalue weighted by molar-refractivity contribution is -0.149. The van der Waals surface area contributed by atoms with Crippen molar-refractivity contribution in [1.82, 2.24) is 19.5 Å². The summed E-state index contributed by atoms with van der Waals surface area (Å²) in [4.78, 5) is 47.8. The summed E-state index contributed by atoms with van der Waals surface area (Å²) in [6.45, 7) is 6.73. The Kier molecular flexibility index (Phi) is 17.3. The van der Waals surface area contributed by atoms with Crippen LogP contribution in [0.5, 0.6) is 0 Å². The summed E-state index contributed by atoms with van der Waals surface area (Å²) >= 11 is 0. The van der Waals surface area contributed by atoms with Gasteiger partial charge in [0.05, 0.1) is 19.5 Å². The topological polar surface area (TPSA) is 168 Å². The number of fused-ring (bicyclic) bond motifs is 1. The smallest absolute Gasteiger partial charge is 0.323 e. The van der Waals surface area contributed by atoms with Gasteiger partial charge in [0.25, 0.3) is 5.56 Å². The summed E-state index contributed by atoms with van der Waals surface area (Å²) in [5.41, 5.74) is 11.8. The fraction of sp³-hybridized carbons (Fsp3) is 0.719. The molecular weight excluding hydrogens is 548 g/mol. The molecule has 0 saturated carbocycles. The number of esters is 2. The molecule has 0 amide bonds. The molecule has 2 aromatic rings. The van der Waals surface area contributed by atoms with Crippen LogP contribution in [0.2, 0.25) is 0 Å². The summed E-state index contributed by atoms with van der Waals surface area (Å²) in [6.07, 6.45) is 20.4. The van der Waals surface area contributed by atoms with Crippen molar-refractivity contribution in [3.05, 3.63) is 28.8 Å². The highest BCUT2D eigenvalue weighted by molar-refractivity contribution is 5.75. The van der Waals surface area contributed by atoms with Crippen molar-refractivity contribution in [3.8, 4) is 0 Å². The van der Waals surface area contributed by atoms with Gasteiger partial charge in [0.15, 0.2) is 11.2 Å². The van der Waals surface area contributed by atoms with E-state index in [0.717, 1.165) is 38.5 Å². The second-order valence-electron chi connectivity index (χ2n) is 11.6. The molecule has 0 aliphatic rings. The van der Waals surface area contributed by atoms with Gasteiger partial charge in [0.2, 0.25) is 5.95 Å². The predicted molar refractivity (Wildman–Crippen MR) is 170 cm³/mol. The fourth-order valence-electron chi connectivity index (χ4n) is 4.79. The predicted octanol–water partition coefficient (Wildman–Crippen LogP) is 5.43. The van der Waals surface area contributed by atoms with Crippen LogP contribution in [0.3, 0.4) is 0 Å². The van der Waals surface area contributed by atoms with Crippen molar-refractivity contribution in [2.75, 3.05) is 18.9 Å². The fourth-order valence-corrected chi connectivity index (χ4v) is 4.79. The first kappa shape index (κ1) is 36.0. The molecular formula is C32H54N6O5. The standard InChI is InChI=1S/C32H54N6O5/c1-4-6-7-8-9-10-11-12-13-14-15-16-17-18-26(39)43-22-25(19-20-42-31(41)27(33)24(3)5-2)21-38-23-35-28-29(38)36-32(34)37-30(28)40/h10-11,23-25,27H,4-9,12-22,33H2,1-3H3,(H3,34,36,37,40)/b11-10+/t24?,25-,27+/m1/s1. The minimum absolute atomic E-state index is 0.00976. The number of H-pyrrole nitrogens is 1. The van der Waals surface area contributed by atoms with Gasteiger partial charge in [0, 0.05) is 18.9 Å². The first-order valence-electron chi connectivity index (χ1n) is 16.2. The third-order valence-corrected chi connectivity index (χ3v) is 7.87. The van der Waals surface area contributed by atoms with E-state index < -0.39 is 17.6 Å². The zero-order chi connectivity index (χ0) is 31.5. The van der Waals surface area contributed by atoms with Crippen LogP contribution in [0, 0.1) is 11.8 Å². The Bertz CT molecular complexity index is 1180. The van der Waals surface area contributed by atoms with Gasteiger partial charge < -0.3 is 25.5 Å². The molecule has 0 aromatic carbocycles. The van der Waals surface area contributed by atoms with E-state index in [1.165, 1.54) is 44.9 Å². The average molecular weight is 603 g/mol. The van der Waals surface area contributed by atoms with Gasteiger partial charge in [-0.3, -0.25) is 19.4 Å². The Morgan fingerprint density at radius 1 is 1.02 bits per heavy atom. The number of allylic oxidation sites excluding steroid dienone is 2. The highest BCUT2D eigenvalue weighted by Crippen LogP contribution is 2.16. The number of nitrogens with zero attached hydrogens (tertiary/aromatic N) is 3. The van der Waals surface area contributed by atoms with E-state index in [9.17, 15) is 14.4 Å². The third kappa shape index (κ3) is 13.8. The van der Waals surface area contributed by atoms with Gasteiger partial charge in [-0.15, -0.1) is 0 Å². The van der Waals surface area contributed by atoms with Gasteiger partial charge in [-0.1, -0.05) is 77.9 Å². The molecule has 2 aromatic heterocycles. The average Bonchev–Trinajstić information content (AvgIpc) is 3.39. The Balaban J connectivity index is 1.78. The van der Waals surface area contributed by atoms with Crippen LogP contribution in [0.15, 0.2) is 23.3 Å². The number of nitrogens with two attached hydrogens (primary N) is 2. The number of hydrogen-bond acceptors (Lipinski definition) is 9. The van der Waals surface area contributed by atoms with Crippen molar-refractivity contribution in [3.63, 3.8) is 0 Å². The molecule has 0 spiro atoms. The maximum atomic E-state index is 12.5. The van der Waals surface area contributed by atoms with Crippen LogP contribution in [0.4, 0.5) is 5.95 Å². The van der Waals surface area contributed by atoms with Crippen molar-refractivity contribution in [2.45, 2.75) is 123 Å². The molecule has 0 bridgehead atoms. The van der Waals surface area contributed by atoms with E-state index in [4.69, 9.17) is 20.9 Å². The number of aromatic amines is 1. The zero-order valence-corrected chi connectivity index (χ0v) is 26.5. The Hall–Kier alpha value is -3.21. The molecule has 2 rings (SSSR count). The van der Waals surface area contributed by atoms with Gasteiger partial charge in [-0.2, -0.15) is 4.98 Å². The van der Waals surface area contributed by atoms with Crippen LogP contribution in [0.25, 0.3) is 11.2 Å². The number of carbonyl (C=O) groups is 2. The molecule has 2 heterocycles. The van der Waals surface area contributed by atoms with Crippen LogP contribution in [0.1, 0.15) is 111 Å². The molecule has 11 heteroatoms. The number of hydrogen-bond donors (Lipinski definition) is 3. The van der Waals surface area contributed by atoms with E-state index in [2.05, 4.69) is 34.0 Å². The molecule has 0 radical (unpaired) electrons. The molecule has 11 nitrogen and oxygen atoms in total. The van der Waals surface area contributed by atoms with Gasteiger partial charge in [-0.05, 0) is 44.4 Å². The second-order valence-corrected chi connectivity index (χ2v) is 11.6. The zero-order valence-electron chi connectivity index (χ0n) is 26.5. The number of carbonyl (C=O) groups excluding carboxylic acids is 2. The van der Waals surface area contributed by atoms with Crippen LogP contribution >= 0.6 is 0 Å². The molecule has 43 heavy (non-hydrogen) atoms. The second kappa shape index (κ2) is 20.7. The van der Waals surface area contributed by atoms with Crippen LogP contribution in [-0.2, 0) is 25.6 Å². The molecule has 5 N–H and O–H groups in total. The monoisotopic (exact) mass is 602 g/mol. The highest BCUT2D eigenvalue weighted by Gasteiger charge is 2.22. The molecule has 3 atom stereocenters. The molecule has 0 fully saturated rings. The van der Waals surface area contributed by atoms with Crippen molar-refractivity contribution in [2.24, 2.45) is 17.6 Å². The molecule has 242 valence electrons. The normalized spacial score (nSPS) is 13.8. The minimum Gasteiger partial charge on any atom is -0.465 e. The van der Waals surface area contributed by atoms with Gasteiger partial charge >= 0.3 is 11.9 Å². The first-order chi connectivity index (χ1) is 20.8. The summed E-state index contributed by atoms with van der Waals surface area (Å²) in [5.74, 6) is -0.905. The number of nitrogen functional groups attached to an aromatic ring is 1. The quantitative estimate of drug-likeness (QED) is 0.0853. The van der Waals surface area contributed by atoms with Gasteiger partial charge in [-0.25, -0.2) is 4.98 Å². The maximum absolute atomic E-state index is 12.5. The van der Waals surface area contributed by atoms with Crippen molar-refractivity contribution in [1.29, 1.82) is 0 Å². The summed E-state index contributed by atoms with van der Waals surface area (Å²) in [5, 5.41) is 0. The Morgan fingerprint density at radius 2 is 1.70 bits per heavy atom. The van der Waals surface area contributed by atoms with E-state index in [0.29, 0.717) is 25.0 Å². The summed E-state index contributed by atoms with van der Waals surface area (Å²) in [6, 6.07) is -0.686. The molecule has 0 aliphatic heterocycles. The minimum atomic E-state index is -0.686. The lowest BCUT2D eigenvalue weighted by atomic mass is 10.0. The summed E-state index contributed by atoms with van der Waals surface area (Å²) in [7, 11) is 0. The molecule has 0 saturated heterocycles. The number of anilines is 1. The van der Waals surface area contributed by atoms with Crippen molar-refractivity contribution >= 4 is 29.1 Å². The maximum Gasteiger partial charge on any atom is 0.323 e.